The Morgan fingerprint density at radius 2 is 1.46 bits per heavy atom. The number of hydrazine groups is 1. The molecule has 0 atom stereocenters. The Morgan fingerprint density at radius 1 is 0.786 bits per heavy atom. The van der Waals surface area contributed by atoms with Crippen molar-refractivity contribution in [3.63, 3.8) is 0 Å². The summed E-state index contributed by atoms with van der Waals surface area (Å²) in [6.45, 7) is 0. The third kappa shape index (κ3) is 3.93. The smallest absolute Gasteiger partial charge is 0.317 e. The van der Waals surface area contributed by atoms with E-state index in [9.17, 15) is 24.5 Å². The number of fused-ring (bicyclic) bond motifs is 1. The lowest BCUT2D eigenvalue weighted by atomic mass is 10.1. The van der Waals surface area contributed by atoms with Gasteiger partial charge in [-0.15, -0.1) is 0 Å². The summed E-state index contributed by atoms with van der Waals surface area (Å²) in [5, 5.41) is 15.0. The maximum absolute atomic E-state index is 12.1. The van der Waals surface area contributed by atoms with E-state index in [1.807, 2.05) is 29.1 Å². The molecule has 0 aliphatic heterocycles. The number of rotatable bonds is 3. The zero-order valence-electron chi connectivity index (χ0n) is 14.3. The van der Waals surface area contributed by atoms with Gasteiger partial charge in [-0.25, -0.2) is 0 Å². The number of benzene rings is 3. The van der Waals surface area contributed by atoms with Gasteiger partial charge in [0.15, 0.2) is 0 Å². The molecule has 0 aromatic heterocycles. The predicted octanol–water partition coefficient (Wildman–Crippen LogP) is 2.15. The zero-order valence-corrected chi connectivity index (χ0v) is 14.3. The summed E-state index contributed by atoms with van der Waals surface area (Å²) in [5.74, 6) is -3.04. The Bertz CT molecular complexity index is 1090. The molecule has 9 nitrogen and oxygen atoms in total. The third-order valence-corrected chi connectivity index (χ3v) is 3.88. The van der Waals surface area contributed by atoms with Gasteiger partial charge in [-0.05, 0) is 17.5 Å². The van der Waals surface area contributed by atoms with Gasteiger partial charge in [0.2, 0.25) is 0 Å². The molecule has 3 rings (SSSR count). The molecular weight excluding hydrogens is 364 g/mol. The highest BCUT2D eigenvalue weighted by Gasteiger charge is 2.21. The average Bonchev–Trinajstić information content (AvgIpc) is 2.71. The van der Waals surface area contributed by atoms with E-state index in [0.29, 0.717) is 5.69 Å². The minimum Gasteiger partial charge on any atom is -0.317 e. The number of amides is 3. The van der Waals surface area contributed by atoms with Crippen molar-refractivity contribution in [2.75, 3.05) is 5.32 Å². The quantitative estimate of drug-likeness (QED) is 0.365. The predicted molar refractivity (Wildman–Crippen MR) is 101 cm³/mol. The molecular formula is C19H14N4O5. The van der Waals surface area contributed by atoms with Crippen LogP contribution in [0.3, 0.4) is 0 Å². The minimum absolute atomic E-state index is 0.248. The standard InChI is InChI=1S/C19H14N4O5/c24-17(14-9-3-4-11-16(14)23(27)28)21-22-19(26)18(25)20-15-10-5-7-12-6-1-2-8-13(12)15/h1-11H,(H,20,25)(H,21,24)(H,22,26). The first kappa shape index (κ1) is 18.5. The molecule has 3 amide bonds. The first-order valence-corrected chi connectivity index (χ1v) is 8.10. The number of hydrogen-bond donors (Lipinski definition) is 3. The highest BCUT2D eigenvalue weighted by Crippen LogP contribution is 2.22. The molecule has 0 saturated carbocycles. The fraction of sp³-hybridized carbons (Fsp3) is 0. The van der Waals surface area contributed by atoms with Gasteiger partial charge < -0.3 is 5.32 Å². The van der Waals surface area contributed by atoms with Gasteiger partial charge in [0.05, 0.1) is 4.92 Å². The Kier molecular flexibility index (Phi) is 5.26. The van der Waals surface area contributed by atoms with E-state index in [0.717, 1.165) is 16.8 Å². The number of nitrogens with zero attached hydrogens (tertiary/aromatic N) is 1. The maximum atomic E-state index is 12.1. The number of nitro groups is 1. The Labute approximate surface area is 158 Å². The monoisotopic (exact) mass is 378 g/mol. The Morgan fingerprint density at radius 3 is 2.25 bits per heavy atom. The van der Waals surface area contributed by atoms with Gasteiger partial charge in [-0.2, -0.15) is 0 Å². The van der Waals surface area contributed by atoms with Crippen molar-refractivity contribution in [3.05, 3.63) is 82.4 Å². The Balaban J connectivity index is 1.66. The number of hydrogen-bond acceptors (Lipinski definition) is 5. The molecule has 0 fully saturated rings. The topological polar surface area (TPSA) is 130 Å². The summed E-state index contributed by atoms with van der Waals surface area (Å²) < 4.78 is 0. The van der Waals surface area contributed by atoms with Crippen LogP contribution in [0.5, 0.6) is 0 Å². The summed E-state index contributed by atoms with van der Waals surface area (Å²) in [7, 11) is 0. The van der Waals surface area contributed by atoms with Gasteiger partial charge in [0.25, 0.3) is 11.6 Å². The number of carbonyl (C=O) groups is 3. The molecule has 9 heteroatoms. The van der Waals surface area contributed by atoms with Crippen LogP contribution in [-0.4, -0.2) is 22.6 Å². The van der Waals surface area contributed by atoms with Crippen LogP contribution in [0.2, 0.25) is 0 Å². The van der Waals surface area contributed by atoms with Crippen LogP contribution in [0.1, 0.15) is 10.4 Å². The first-order chi connectivity index (χ1) is 13.5. The molecule has 0 saturated heterocycles. The van der Waals surface area contributed by atoms with Crippen molar-refractivity contribution in [2.24, 2.45) is 0 Å². The van der Waals surface area contributed by atoms with Crippen molar-refractivity contribution in [1.82, 2.24) is 10.9 Å². The SMILES string of the molecule is O=C(NNC(=O)c1ccccc1[N+](=O)[O-])C(=O)Nc1cccc2ccccc12. The molecule has 0 unspecified atom stereocenters. The summed E-state index contributed by atoms with van der Waals surface area (Å²) in [6, 6.07) is 17.8. The van der Waals surface area contributed by atoms with Crippen LogP contribution in [-0.2, 0) is 9.59 Å². The van der Waals surface area contributed by atoms with E-state index in [-0.39, 0.29) is 5.56 Å². The Hall–Kier alpha value is -4.27. The third-order valence-electron chi connectivity index (χ3n) is 3.88. The van der Waals surface area contributed by atoms with Crippen LogP contribution in [0, 0.1) is 10.1 Å². The normalized spacial score (nSPS) is 10.1. The molecule has 0 heterocycles. The van der Waals surface area contributed by atoms with Gasteiger partial charge in [-0.3, -0.25) is 35.3 Å². The molecule has 28 heavy (non-hydrogen) atoms. The van der Waals surface area contributed by atoms with Crippen molar-refractivity contribution >= 4 is 39.9 Å². The fourth-order valence-corrected chi connectivity index (χ4v) is 2.58. The number of para-hydroxylation sites is 1. The van der Waals surface area contributed by atoms with Crippen molar-refractivity contribution in [2.45, 2.75) is 0 Å². The van der Waals surface area contributed by atoms with Gasteiger partial charge in [-0.1, -0.05) is 48.5 Å². The van der Waals surface area contributed by atoms with Crippen LogP contribution in [0.15, 0.2) is 66.7 Å². The maximum Gasteiger partial charge on any atom is 0.328 e. The molecule has 0 aliphatic rings. The molecule has 3 aromatic carbocycles. The second kappa shape index (κ2) is 7.96. The summed E-state index contributed by atoms with van der Waals surface area (Å²) in [6.07, 6.45) is 0. The molecule has 0 spiro atoms. The highest BCUT2D eigenvalue weighted by molar-refractivity contribution is 6.40. The number of nitro benzene ring substituents is 1. The van der Waals surface area contributed by atoms with E-state index < -0.39 is 28.3 Å². The first-order valence-electron chi connectivity index (χ1n) is 8.10. The van der Waals surface area contributed by atoms with Crippen LogP contribution in [0.25, 0.3) is 10.8 Å². The zero-order chi connectivity index (χ0) is 20.1. The fourth-order valence-electron chi connectivity index (χ4n) is 2.58. The minimum atomic E-state index is -1.13. The summed E-state index contributed by atoms with van der Waals surface area (Å²) >= 11 is 0. The molecule has 140 valence electrons. The van der Waals surface area contributed by atoms with E-state index in [4.69, 9.17) is 0 Å². The van der Waals surface area contributed by atoms with Crippen molar-refractivity contribution < 1.29 is 19.3 Å². The largest absolute Gasteiger partial charge is 0.328 e. The number of nitrogens with one attached hydrogen (secondary N) is 3. The van der Waals surface area contributed by atoms with E-state index in [2.05, 4.69) is 5.32 Å². The lowest BCUT2D eigenvalue weighted by Gasteiger charge is -2.10. The number of carbonyl (C=O) groups excluding carboxylic acids is 3. The molecule has 3 aromatic rings. The second-order valence-corrected chi connectivity index (χ2v) is 5.66. The van der Waals surface area contributed by atoms with Crippen LogP contribution in [0.4, 0.5) is 11.4 Å². The lowest BCUT2D eigenvalue weighted by molar-refractivity contribution is -0.385. The van der Waals surface area contributed by atoms with Gasteiger partial charge >= 0.3 is 11.8 Å². The lowest BCUT2D eigenvalue weighted by Crippen LogP contribution is -2.46. The van der Waals surface area contributed by atoms with E-state index in [1.54, 1.807) is 24.3 Å². The molecule has 0 aliphatic carbocycles. The molecule has 0 radical (unpaired) electrons. The van der Waals surface area contributed by atoms with Crippen molar-refractivity contribution in [1.29, 1.82) is 0 Å². The van der Waals surface area contributed by atoms with Crippen molar-refractivity contribution in [3.8, 4) is 0 Å². The second-order valence-electron chi connectivity index (χ2n) is 5.66. The number of anilines is 1. The van der Waals surface area contributed by atoms with Crippen LogP contribution >= 0.6 is 0 Å². The summed E-state index contributed by atoms with van der Waals surface area (Å²) in [5.41, 5.74) is 3.70. The average molecular weight is 378 g/mol. The van der Waals surface area contributed by atoms with Gasteiger partial charge in [0, 0.05) is 17.1 Å². The molecule has 0 bridgehead atoms. The molecule has 3 N–H and O–H groups in total. The highest BCUT2D eigenvalue weighted by atomic mass is 16.6. The van der Waals surface area contributed by atoms with Crippen LogP contribution < -0.4 is 16.2 Å². The van der Waals surface area contributed by atoms with Gasteiger partial charge in [0.1, 0.15) is 5.56 Å². The summed E-state index contributed by atoms with van der Waals surface area (Å²) in [4.78, 5) is 46.4. The van der Waals surface area contributed by atoms with E-state index in [1.165, 1.54) is 18.2 Å². The van der Waals surface area contributed by atoms with E-state index >= 15 is 0 Å².